The van der Waals surface area contributed by atoms with Gasteiger partial charge in [0.15, 0.2) is 0 Å². The maximum Gasteiger partial charge on any atom is 0.133 e. The lowest BCUT2D eigenvalue weighted by atomic mass is 10.1. The van der Waals surface area contributed by atoms with Crippen molar-refractivity contribution in [2.24, 2.45) is 12.8 Å². The molecule has 4 heteroatoms. The first-order valence-corrected chi connectivity index (χ1v) is 6.42. The van der Waals surface area contributed by atoms with Crippen LogP contribution in [-0.4, -0.2) is 21.9 Å². The van der Waals surface area contributed by atoms with Gasteiger partial charge in [0.1, 0.15) is 11.6 Å². The molecule has 1 aromatic rings. The van der Waals surface area contributed by atoms with Crippen LogP contribution in [0.15, 0.2) is 12.4 Å². The van der Waals surface area contributed by atoms with Crippen LogP contribution in [0.2, 0.25) is 0 Å². The second kappa shape index (κ2) is 8.01. The molecule has 0 amide bonds. The largest absolute Gasteiger partial charge is 0.338 e. The molecule has 1 aromatic heterocycles. The van der Waals surface area contributed by atoms with Crippen LogP contribution in [0.1, 0.15) is 44.3 Å². The Morgan fingerprint density at radius 1 is 1.29 bits per heavy atom. The predicted molar refractivity (Wildman–Crippen MR) is 68.7 cm³/mol. The van der Waals surface area contributed by atoms with Crippen LogP contribution >= 0.6 is 0 Å². The van der Waals surface area contributed by atoms with E-state index in [2.05, 4.69) is 4.98 Å². The van der Waals surface area contributed by atoms with E-state index in [1.165, 1.54) is 0 Å². The molecule has 1 rings (SSSR count). The molecule has 0 aromatic carbocycles. The molecule has 0 aliphatic rings. The van der Waals surface area contributed by atoms with Crippen molar-refractivity contribution in [3.63, 3.8) is 0 Å². The molecule has 4 nitrogen and oxygen atoms in total. The summed E-state index contributed by atoms with van der Waals surface area (Å²) >= 11 is 0. The molecule has 96 valence electrons. The highest BCUT2D eigenvalue weighted by Crippen LogP contribution is 2.06. The van der Waals surface area contributed by atoms with Gasteiger partial charge in [-0.05, 0) is 19.4 Å². The van der Waals surface area contributed by atoms with Gasteiger partial charge in [-0.2, -0.15) is 0 Å². The van der Waals surface area contributed by atoms with Crippen LogP contribution in [0.25, 0.3) is 0 Å². The number of rotatable bonds is 9. The molecule has 0 saturated carbocycles. The van der Waals surface area contributed by atoms with E-state index in [-0.39, 0.29) is 0 Å². The van der Waals surface area contributed by atoms with Crippen LogP contribution < -0.4 is 5.73 Å². The summed E-state index contributed by atoms with van der Waals surface area (Å²) in [5.74, 6) is 1.34. The Balaban J connectivity index is 2.07. The minimum Gasteiger partial charge on any atom is -0.338 e. The van der Waals surface area contributed by atoms with E-state index in [1.807, 2.05) is 17.8 Å². The van der Waals surface area contributed by atoms with E-state index in [0.717, 1.165) is 44.5 Å². The number of aryl methyl sites for hydroxylation is 2. The zero-order chi connectivity index (χ0) is 12.5. The van der Waals surface area contributed by atoms with Crippen LogP contribution in [0.4, 0.5) is 0 Å². The number of aromatic nitrogens is 2. The van der Waals surface area contributed by atoms with Gasteiger partial charge in [-0.25, -0.2) is 4.98 Å². The number of hydrogen-bond donors (Lipinski definition) is 1. The third-order valence-corrected chi connectivity index (χ3v) is 2.96. The lowest BCUT2D eigenvalue weighted by Gasteiger charge is -2.02. The molecule has 1 heterocycles. The van der Waals surface area contributed by atoms with Gasteiger partial charge in [-0.15, -0.1) is 0 Å². The summed E-state index contributed by atoms with van der Waals surface area (Å²) in [6.07, 6.45) is 10.1. The molecule has 0 saturated heterocycles. The minimum absolute atomic E-state index is 0.348. The highest BCUT2D eigenvalue weighted by Gasteiger charge is 2.05. The molecule has 0 aliphatic carbocycles. The summed E-state index contributed by atoms with van der Waals surface area (Å²) < 4.78 is 1.97. The Morgan fingerprint density at radius 2 is 2.06 bits per heavy atom. The number of carbonyl (C=O) groups is 1. The lowest BCUT2D eigenvalue weighted by molar-refractivity contribution is -0.119. The molecule has 0 atom stereocenters. The van der Waals surface area contributed by atoms with Crippen molar-refractivity contribution >= 4 is 5.78 Å². The van der Waals surface area contributed by atoms with Crippen LogP contribution in [0.5, 0.6) is 0 Å². The fourth-order valence-electron chi connectivity index (χ4n) is 1.83. The Kier molecular flexibility index (Phi) is 6.55. The van der Waals surface area contributed by atoms with Gasteiger partial charge in [-0.3, -0.25) is 4.79 Å². The zero-order valence-corrected chi connectivity index (χ0v) is 10.7. The zero-order valence-electron chi connectivity index (χ0n) is 10.7. The summed E-state index contributed by atoms with van der Waals surface area (Å²) in [5.41, 5.74) is 5.41. The Labute approximate surface area is 103 Å². The Morgan fingerprint density at radius 3 is 2.71 bits per heavy atom. The first kappa shape index (κ1) is 13.9. The van der Waals surface area contributed by atoms with Crippen molar-refractivity contribution in [1.82, 2.24) is 9.55 Å². The minimum atomic E-state index is 0.348. The number of unbranched alkanes of at least 4 members (excludes halogenated alkanes) is 3. The normalized spacial score (nSPS) is 10.7. The second-order valence-electron chi connectivity index (χ2n) is 4.45. The van der Waals surface area contributed by atoms with Crippen molar-refractivity contribution < 1.29 is 4.79 Å². The summed E-state index contributed by atoms with van der Waals surface area (Å²) in [6.45, 7) is 0.757. The monoisotopic (exact) mass is 237 g/mol. The third kappa shape index (κ3) is 5.63. The van der Waals surface area contributed by atoms with Crippen molar-refractivity contribution in [2.45, 2.75) is 44.9 Å². The van der Waals surface area contributed by atoms with Gasteiger partial charge >= 0.3 is 0 Å². The van der Waals surface area contributed by atoms with E-state index >= 15 is 0 Å². The first-order chi connectivity index (χ1) is 8.24. The van der Waals surface area contributed by atoms with Crippen LogP contribution in [0, 0.1) is 0 Å². The molecule has 0 aliphatic heterocycles. The molecular weight excluding hydrogens is 214 g/mol. The molecule has 2 N–H and O–H groups in total. The average Bonchev–Trinajstić information content (AvgIpc) is 2.72. The number of hydrogen-bond acceptors (Lipinski definition) is 3. The molecule has 0 spiro atoms. The number of imidazole rings is 1. The SMILES string of the molecule is Cn1ccnc1CCC(=O)CCCCCCN. The summed E-state index contributed by atoms with van der Waals surface area (Å²) in [4.78, 5) is 15.8. The van der Waals surface area contributed by atoms with Crippen LogP contribution in [0.3, 0.4) is 0 Å². The molecule has 0 unspecified atom stereocenters. The summed E-state index contributed by atoms with van der Waals surface area (Å²) in [6, 6.07) is 0. The highest BCUT2D eigenvalue weighted by atomic mass is 16.1. The number of nitrogens with zero attached hydrogens (tertiary/aromatic N) is 2. The van der Waals surface area contributed by atoms with Gasteiger partial charge in [0.2, 0.25) is 0 Å². The lowest BCUT2D eigenvalue weighted by Crippen LogP contribution is -2.04. The van der Waals surface area contributed by atoms with Gasteiger partial charge in [0.05, 0.1) is 0 Å². The fraction of sp³-hybridized carbons (Fsp3) is 0.692. The topological polar surface area (TPSA) is 60.9 Å². The third-order valence-electron chi connectivity index (χ3n) is 2.96. The molecule has 0 bridgehead atoms. The van der Waals surface area contributed by atoms with Gasteiger partial charge < -0.3 is 10.3 Å². The molecule has 0 fully saturated rings. The molecule has 17 heavy (non-hydrogen) atoms. The second-order valence-corrected chi connectivity index (χ2v) is 4.45. The summed E-state index contributed by atoms with van der Waals surface area (Å²) in [5, 5.41) is 0. The Hall–Kier alpha value is -1.16. The maximum absolute atomic E-state index is 11.6. The van der Waals surface area contributed by atoms with E-state index in [1.54, 1.807) is 6.20 Å². The van der Waals surface area contributed by atoms with Crippen molar-refractivity contribution in [2.75, 3.05) is 6.54 Å². The number of nitrogens with two attached hydrogens (primary N) is 1. The predicted octanol–water partition coefficient (Wildman–Crippen LogP) is 1.83. The van der Waals surface area contributed by atoms with E-state index < -0.39 is 0 Å². The Bertz CT molecular complexity index is 333. The molecular formula is C13H23N3O. The number of carbonyl (C=O) groups excluding carboxylic acids is 1. The van der Waals surface area contributed by atoms with Gasteiger partial charge in [0, 0.05) is 38.7 Å². The van der Waals surface area contributed by atoms with Crippen molar-refractivity contribution in [1.29, 1.82) is 0 Å². The van der Waals surface area contributed by atoms with E-state index in [0.29, 0.717) is 18.6 Å². The standard InChI is InChI=1S/C13H23N3O/c1-16-11-10-15-13(16)8-7-12(17)6-4-2-3-5-9-14/h10-11H,2-9,14H2,1H3. The first-order valence-electron chi connectivity index (χ1n) is 6.42. The maximum atomic E-state index is 11.6. The van der Waals surface area contributed by atoms with E-state index in [9.17, 15) is 4.79 Å². The van der Waals surface area contributed by atoms with Crippen molar-refractivity contribution in [3.8, 4) is 0 Å². The van der Waals surface area contributed by atoms with Crippen LogP contribution in [-0.2, 0) is 18.3 Å². The number of ketones is 1. The summed E-state index contributed by atoms with van der Waals surface area (Å²) in [7, 11) is 1.96. The average molecular weight is 237 g/mol. The smallest absolute Gasteiger partial charge is 0.133 e. The fourth-order valence-corrected chi connectivity index (χ4v) is 1.83. The van der Waals surface area contributed by atoms with Gasteiger partial charge in [0.25, 0.3) is 0 Å². The van der Waals surface area contributed by atoms with Crippen molar-refractivity contribution in [3.05, 3.63) is 18.2 Å². The molecule has 0 radical (unpaired) electrons. The quantitative estimate of drug-likeness (QED) is 0.666. The van der Waals surface area contributed by atoms with Gasteiger partial charge in [-0.1, -0.05) is 12.8 Å². The number of Topliss-reactive ketones (excluding diaryl/α,β-unsaturated/α-hetero) is 1. The van der Waals surface area contributed by atoms with E-state index in [4.69, 9.17) is 5.73 Å². The highest BCUT2D eigenvalue weighted by molar-refractivity contribution is 5.78.